The number of nitrogens with zero attached hydrogens (tertiary/aromatic N) is 2. The fraction of sp³-hybridized carbons (Fsp3) is 0. The van der Waals surface area contributed by atoms with E-state index < -0.39 is 0 Å². The molecule has 8 aromatic rings. The highest BCUT2D eigenvalue weighted by atomic mass is 16.5. The standard InChI is InChI=1S/C48H32N2O/c1-3-15-33(16-4-1)49(35-27-29-39-41-22-10-13-25-47(41)51-48-26-14-11-23-42(48)43(39)31-35)36-28-30-46-44(32-36)38-20-8-7-19-37(38)40-21-9-12-24-45(40)50(46)34-17-5-2-6-18-34/h1-32H. The van der Waals surface area contributed by atoms with E-state index in [4.69, 9.17) is 4.74 Å². The molecule has 3 heteroatoms. The Morgan fingerprint density at radius 2 is 0.784 bits per heavy atom. The number of anilines is 6. The van der Waals surface area contributed by atoms with Gasteiger partial charge in [0.05, 0.1) is 11.4 Å². The van der Waals surface area contributed by atoms with Gasteiger partial charge in [-0.05, 0) is 95.1 Å². The first-order valence-electron chi connectivity index (χ1n) is 17.4. The van der Waals surface area contributed by atoms with Crippen molar-refractivity contribution in [2.24, 2.45) is 0 Å². The second kappa shape index (κ2) is 11.9. The van der Waals surface area contributed by atoms with Gasteiger partial charge in [-0.15, -0.1) is 0 Å². The molecule has 0 radical (unpaired) electrons. The van der Waals surface area contributed by atoms with Crippen molar-refractivity contribution in [3.05, 3.63) is 194 Å². The van der Waals surface area contributed by atoms with Crippen LogP contribution in [0.1, 0.15) is 0 Å². The molecule has 0 saturated heterocycles. The van der Waals surface area contributed by atoms with Gasteiger partial charge in [0.15, 0.2) is 0 Å². The van der Waals surface area contributed by atoms with Crippen LogP contribution in [0.5, 0.6) is 11.5 Å². The smallest absolute Gasteiger partial charge is 0.135 e. The van der Waals surface area contributed by atoms with Crippen molar-refractivity contribution in [2.75, 3.05) is 9.80 Å². The second-order valence-corrected chi connectivity index (χ2v) is 12.9. The Hall–Kier alpha value is -6.84. The fourth-order valence-corrected chi connectivity index (χ4v) is 7.74. The lowest BCUT2D eigenvalue weighted by Crippen LogP contribution is -2.13. The maximum atomic E-state index is 6.52. The predicted octanol–water partition coefficient (Wildman–Crippen LogP) is 13.7. The molecule has 0 spiro atoms. The molecular formula is C48H32N2O. The van der Waals surface area contributed by atoms with Gasteiger partial charge in [-0.2, -0.15) is 0 Å². The lowest BCUT2D eigenvalue weighted by molar-refractivity contribution is 0.488. The molecule has 0 bridgehead atoms. The summed E-state index contributed by atoms with van der Waals surface area (Å²) in [7, 11) is 0. The van der Waals surface area contributed by atoms with E-state index in [1.807, 2.05) is 12.1 Å². The van der Waals surface area contributed by atoms with Crippen LogP contribution < -0.4 is 14.5 Å². The topological polar surface area (TPSA) is 15.7 Å². The van der Waals surface area contributed by atoms with Crippen molar-refractivity contribution in [3.63, 3.8) is 0 Å². The monoisotopic (exact) mass is 652 g/mol. The molecular weight excluding hydrogens is 621 g/mol. The number of para-hydroxylation sites is 5. The minimum Gasteiger partial charge on any atom is -0.456 e. The van der Waals surface area contributed by atoms with Crippen LogP contribution >= 0.6 is 0 Å². The summed E-state index contributed by atoms with van der Waals surface area (Å²) in [5, 5.41) is 0. The van der Waals surface area contributed by atoms with Crippen molar-refractivity contribution in [1.29, 1.82) is 0 Å². The predicted molar refractivity (Wildman–Crippen MR) is 211 cm³/mol. The van der Waals surface area contributed by atoms with E-state index in [9.17, 15) is 0 Å². The van der Waals surface area contributed by atoms with Crippen molar-refractivity contribution >= 4 is 34.1 Å². The van der Waals surface area contributed by atoms with Crippen LogP contribution in [-0.4, -0.2) is 0 Å². The number of ether oxygens (including phenoxy) is 1. The van der Waals surface area contributed by atoms with Gasteiger partial charge in [-0.3, -0.25) is 0 Å². The largest absolute Gasteiger partial charge is 0.456 e. The van der Waals surface area contributed by atoms with Crippen LogP contribution in [-0.2, 0) is 0 Å². The van der Waals surface area contributed by atoms with Crippen LogP contribution in [0.15, 0.2) is 194 Å². The third-order valence-corrected chi connectivity index (χ3v) is 10.00. The number of hydrogen-bond donors (Lipinski definition) is 0. The van der Waals surface area contributed by atoms with Crippen molar-refractivity contribution < 1.29 is 4.74 Å². The molecule has 51 heavy (non-hydrogen) atoms. The molecule has 0 aromatic heterocycles. The normalized spacial score (nSPS) is 12.0. The molecule has 0 aliphatic carbocycles. The summed E-state index contributed by atoms with van der Waals surface area (Å²) in [6.07, 6.45) is 0. The van der Waals surface area contributed by atoms with E-state index in [-0.39, 0.29) is 0 Å². The zero-order valence-electron chi connectivity index (χ0n) is 27.8. The third-order valence-electron chi connectivity index (χ3n) is 10.00. The maximum absolute atomic E-state index is 6.52. The summed E-state index contributed by atoms with van der Waals surface area (Å²) in [5.41, 5.74) is 15.9. The van der Waals surface area contributed by atoms with Gasteiger partial charge in [-0.1, -0.05) is 121 Å². The fourth-order valence-electron chi connectivity index (χ4n) is 7.74. The lowest BCUT2D eigenvalue weighted by atomic mass is 9.93. The number of fused-ring (bicyclic) bond motifs is 10. The molecule has 2 aliphatic heterocycles. The molecule has 0 fully saturated rings. The van der Waals surface area contributed by atoms with E-state index in [1.54, 1.807) is 0 Å². The van der Waals surface area contributed by atoms with E-state index in [1.165, 1.54) is 22.3 Å². The molecule has 0 saturated carbocycles. The highest BCUT2D eigenvalue weighted by Gasteiger charge is 2.28. The summed E-state index contributed by atoms with van der Waals surface area (Å²) in [4.78, 5) is 4.77. The van der Waals surface area contributed by atoms with Crippen LogP contribution in [0.25, 0.3) is 44.5 Å². The Balaban J connectivity index is 1.21. The van der Waals surface area contributed by atoms with Gasteiger partial charge in [0.1, 0.15) is 11.5 Å². The van der Waals surface area contributed by atoms with E-state index in [0.29, 0.717) is 0 Å². The summed E-state index contributed by atoms with van der Waals surface area (Å²) in [5.74, 6) is 1.72. The molecule has 2 aliphatic rings. The minimum absolute atomic E-state index is 0.856. The SMILES string of the molecule is c1ccc(N(c2ccc3c(c2)-c2ccccc2Oc2ccccc2-3)c2ccc3c(c2)-c2ccccc2-c2ccccc2N3c2ccccc2)cc1. The van der Waals surface area contributed by atoms with Crippen LogP contribution in [0.2, 0.25) is 0 Å². The van der Waals surface area contributed by atoms with Gasteiger partial charge >= 0.3 is 0 Å². The van der Waals surface area contributed by atoms with Crippen molar-refractivity contribution in [1.82, 2.24) is 0 Å². The molecule has 10 rings (SSSR count). The molecule has 2 heterocycles. The average Bonchev–Trinajstić information content (AvgIpc) is 3.42. The summed E-state index contributed by atoms with van der Waals surface area (Å²) >= 11 is 0. The molecule has 0 amide bonds. The molecule has 0 unspecified atom stereocenters. The van der Waals surface area contributed by atoms with Gasteiger partial charge in [0.2, 0.25) is 0 Å². The zero-order chi connectivity index (χ0) is 33.7. The molecule has 3 nitrogen and oxygen atoms in total. The van der Waals surface area contributed by atoms with Crippen LogP contribution in [0.4, 0.5) is 34.1 Å². The van der Waals surface area contributed by atoms with E-state index in [0.717, 1.165) is 67.9 Å². The highest BCUT2D eigenvalue weighted by molar-refractivity contribution is 6.03. The minimum atomic E-state index is 0.856. The Morgan fingerprint density at radius 3 is 1.49 bits per heavy atom. The Labute approximate surface area is 297 Å². The summed E-state index contributed by atoms with van der Waals surface area (Å²) in [6, 6.07) is 69.2. The van der Waals surface area contributed by atoms with Crippen molar-refractivity contribution in [3.8, 4) is 56.0 Å². The van der Waals surface area contributed by atoms with Gasteiger partial charge < -0.3 is 14.5 Å². The summed E-state index contributed by atoms with van der Waals surface area (Å²) in [6.45, 7) is 0. The van der Waals surface area contributed by atoms with E-state index in [2.05, 4.69) is 192 Å². The second-order valence-electron chi connectivity index (χ2n) is 12.9. The van der Waals surface area contributed by atoms with Crippen LogP contribution in [0.3, 0.4) is 0 Å². The van der Waals surface area contributed by atoms with Gasteiger partial charge in [0.25, 0.3) is 0 Å². The lowest BCUT2D eigenvalue weighted by Gasteiger charge is -2.30. The first-order chi connectivity index (χ1) is 25.3. The number of rotatable bonds is 4. The molecule has 8 aromatic carbocycles. The van der Waals surface area contributed by atoms with E-state index >= 15 is 0 Å². The van der Waals surface area contributed by atoms with Gasteiger partial charge in [-0.25, -0.2) is 0 Å². The highest BCUT2D eigenvalue weighted by Crippen LogP contribution is 2.53. The number of benzene rings is 8. The zero-order valence-corrected chi connectivity index (χ0v) is 27.8. The number of hydrogen-bond acceptors (Lipinski definition) is 3. The Bertz CT molecular complexity index is 2580. The molecule has 0 N–H and O–H groups in total. The average molecular weight is 653 g/mol. The van der Waals surface area contributed by atoms with Crippen molar-refractivity contribution in [2.45, 2.75) is 0 Å². The Kier molecular flexibility index (Phi) is 6.81. The maximum Gasteiger partial charge on any atom is 0.135 e. The Morgan fingerprint density at radius 1 is 0.314 bits per heavy atom. The first-order valence-corrected chi connectivity index (χ1v) is 17.4. The van der Waals surface area contributed by atoms with Crippen LogP contribution in [0, 0.1) is 0 Å². The first kappa shape index (κ1) is 29.1. The quantitative estimate of drug-likeness (QED) is 0.188. The van der Waals surface area contributed by atoms with Gasteiger partial charge in [0, 0.05) is 45.0 Å². The molecule has 240 valence electrons. The molecule has 0 atom stereocenters. The third kappa shape index (κ3) is 4.82. The summed E-state index contributed by atoms with van der Waals surface area (Å²) < 4.78 is 6.52.